The number of ether oxygens (including phenoxy) is 1. The van der Waals surface area contributed by atoms with E-state index in [9.17, 15) is 13.5 Å². The van der Waals surface area contributed by atoms with Crippen LogP contribution in [0.3, 0.4) is 0 Å². The van der Waals surface area contributed by atoms with E-state index in [0.717, 1.165) is 0 Å². The van der Waals surface area contributed by atoms with E-state index >= 15 is 0 Å². The van der Waals surface area contributed by atoms with Crippen LogP contribution in [0.5, 0.6) is 5.75 Å². The first-order chi connectivity index (χ1) is 10.9. The van der Waals surface area contributed by atoms with Gasteiger partial charge < -0.3 is 9.84 Å². The summed E-state index contributed by atoms with van der Waals surface area (Å²) in [5, 5.41) is 13.6. The van der Waals surface area contributed by atoms with E-state index in [4.69, 9.17) is 4.74 Å². The molecule has 0 saturated carbocycles. The van der Waals surface area contributed by atoms with Gasteiger partial charge in [-0.3, -0.25) is 8.99 Å². The number of aromatic nitrogens is 2. The van der Waals surface area contributed by atoms with Crippen LogP contribution in [0.4, 0.5) is 5.69 Å². The van der Waals surface area contributed by atoms with Crippen molar-refractivity contribution in [3.63, 3.8) is 0 Å². The van der Waals surface area contributed by atoms with Crippen LogP contribution in [-0.2, 0) is 17.1 Å². The zero-order valence-corrected chi connectivity index (χ0v) is 14.0. The van der Waals surface area contributed by atoms with Crippen molar-refractivity contribution in [1.29, 1.82) is 0 Å². The molecule has 1 aromatic heterocycles. The maximum absolute atomic E-state index is 13.2. The molecule has 7 nitrogen and oxygen atoms in total. The van der Waals surface area contributed by atoms with Gasteiger partial charge in [0.1, 0.15) is 16.7 Å². The number of anilines is 1. The second-order valence-electron chi connectivity index (χ2n) is 5.55. The van der Waals surface area contributed by atoms with Crippen molar-refractivity contribution < 1.29 is 18.3 Å². The highest BCUT2D eigenvalue weighted by Gasteiger charge is 2.37. The highest BCUT2D eigenvalue weighted by molar-refractivity contribution is 7.93. The zero-order valence-electron chi connectivity index (χ0n) is 13.2. The van der Waals surface area contributed by atoms with Crippen molar-refractivity contribution in [3.05, 3.63) is 35.7 Å². The maximum atomic E-state index is 13.2. The number of benzene rings is 1. The topological polar surface area (TPSA) is 84.7 Å². The fourth-order valence-corrected chi connectivity index (χ4v) is 4.74. The highest BCUT2D eigenvalue weighted by Crippen LogP contribution is 2.37. The smallest absolute Gasteiger partial charge is 0.268 e. The number of para-hydroxylation sites is 2. The normalized spacial score (nSPS) is 17.7. The molecular formula is C15H19N3O4S. The van der Waals surface area contributed by atoms with Crippen LogP contribution in [0.25, 0.3) is 0 Å². The summed E-state index contributed by atoms with van der Waals surface area (Å²) in [4.78, 5) is 0.202. The van der Waals surface area contributed by atoms with Crippen molar-refractivity contribution in [2.24, 2.45) is 7.05 Å². The Bertz CT molecular complexity index is 844. The summed E-state index contributed by atoms with van der Waals surface area (Å²) in [5.41, 5.74) is 1.50. The molecule has 0 bridgehead atoms. The number of aliphatic hydroxyl groups excluding tert-OH is 1. The lowest BCUT2D eigenvalue weighted by Gasteiger charge is -2.34. The summed E-state index contributed by atoms with van der Waals surface area (Å²) in [6.07, 6.45) is -0.600. The molecule has 1 aromatic carbocycles. The minimum absolute atomic E-state index is 0.0591. The quantitative estimate of drug-likeness (QED) is 0.903. The molecule has 1 N–H and O–H groups in total. The Labute approximate surface area is 135 Å². The lowest BCUT2D eigenvalue weighted by atomic mass is 10.2. The molecule has 0 spiro atoms. The Morgan fingerprint density at radius 3 is 2.65 bits per heavy atom. The molecule has 1 unspecified atom stereocenters. The Morgan fingerprint density at radius 2 is 2.04 bits per heavy atom. The summed E-state index contributed by atoms with van der Waals surface area (Å²) in [6.45, 7) is 3.20. The van der Waals surface area contributed by atoms with Crippen LogP contribution in [0, 0.1) is 13.8 Å². The highest BCUT2D eigenvalue weighted by atomic mass is 32.2. The lowest BCUT2D eigenvalue weighted by Crippen LogP contribution is -2.45. The Morgan fingerprint density at radius 1 is 1.35 bits per heavy atom. The SMILES string of the molecule is Cc1nn(C)c(C)c1S(=O)(=O)N1CC(CO)Oc2ccccc21. The van der Waals surface area contributed by atoms with Gasteiger partial charge in [0.25, 0.3) is 10.0 Å². The van der Waals surface area contributed by atoms with E-state index in [1.54, 1.807) is 49.8 Å². The van der Waals surface area contributed by atoms with E-state index in [0.29, 0.717) is 22.8 Å². The fraction of sp³-hybridized carbons (Fsp3) is 0.400. The number of hydrogen-bond donors (Lipinski definition) is 1. The molecule has 0 aliphatic carbocycles. The molecule has 1 aliphatic rings. The van der Waals surface area contributed by atoms with Crippen LogP contribution in [0.15, 0.2) is 29.2 Å². The van der Waals surface area contributed by atoms with Gasteiger partial charge in [-0.15, -0.1) is 0 Å². The standard InChI is InChI=1S/C15H19N3O4S/c1-10-15(11(2)17(3)16-10)23(20,21)18-8-12(9-19)22-14-7-5-4-6-13(14)18/h4-7,12,19H,8-9H2,1-3H3. The first-order valence-electron chi connectivity index (χ1n) is 7.25. The molecule has 124 valence electrons. The Kier molecular flexibility index (Phi) is 3.81. The number of aryl methyl sites for hydroxylation is 2. The van der Waals surface area contributed by atoms with E-state index in [1.807, 2.05) is 0 Å². The van der Waals surface area contributed by atoms with Crippen LogP contribution in [-0.4, -0.2) is 42.6 Å². The predicted octanol–water partition coefficient (Wildman–Crippen LogP) is 0.986. The van der Waals surface area contributed by atoms with Gasteiger partial charge in [-0.1, -0.05) is 12.1 Å². The minimum Gasteiger partial charge on any atom is -0.484 e. The van der Waals surface area contributed by atoms with Gasteiger partial charge in [-0.2, -0.15) is 5.10 Å². The zero-order chi connectivity index (χ0) is 16.8. The number of nitrogens with zero attached hydrogens (tertiary/aromatic N) is 3. The molecule has 1 aliphatic heterocycles. The number of aliphatic hydroxyl groups is 1. The molecule has 0 fully saturated rings. The van der Waals surface area contributed by atoms with Gasteiger partial charge in [0.05, 0.1) is 30.2 Å². The third kappa shape index (κ3) is 2.47. The van der Waals surface area contributed by atoms with E-state index in [-0.39, 0.29) is 18.0 Å². The first-order valence-corrected chi connectivity index (χ1v) is 8.69. The molecule has 1 atom stereocenters. The lowest BCUT2D eigenvalue weighted by molar-refractivity contribution is 0.116. The van der Waals surface area contributed by atoms with Crippen LogP contribution in [0.2, 0.25) is 0 Å². The number of sulfonamides is 1. The van der Waals surface area contributed by atoms with E-state index in [2.05, 4.69) is 5.10 Å². The van der Waals surface area contributed by atoms with Gasteiger partial charge in [0.15, 0.2) is 0 Å². The average Bonchev–Trinajstić information content (AvgIpc) is 2.79. The summed E-state index contributed by atoms with van der Waals surface area (Å²) in [7, 11) is -2.09. The van der Waals surface area contributed by atoms with Crippen molar-refractivity contribution in [1.82, 2.24) is 9.78 Å². The number of hydrogen-bond acceptors (Lipinski definition) is 5. The van der Waals surface area contributed by atoms with Crippen molar-refractivity contribution in [2.45, 2.75) is 24.8 Å². The molecule has 8 heteroatoms. The maximum Gasteiger partial charge on any atom is 0.268 e. The summed E-state index contributed by atoms with van der Waals surface area (Å²) >= 11 is 0. The Balaban J connectivity index is 2.16. The molecule has 2 aromatic rings. The van der Waals surface area contributed by atoms with Gasteiger partial charge in [-0.25, -0.2) is 8.42 Å². The summed E-state index contributed by atoms with van der Waals surface area (Å²) in [6, 6.07) is 6.92. The number of rotatable bonds is 3. The van der Waals surface area contributed by atoms with Crippen molar-refractivity contribution >= 4 is 15.7 Å². The molecule has 23 heavy (non-hydrogen) atoms. The second kappa shape index (κ2) is 5.54. The third-order valence-electron chi connectivity index (χ3n) is 3.99. The van der Waals surface area contributed by atoms with Gasteiger partial charge >= 0.3 is 0 Å². The van der Waals surface area contributed by atoms with Crippen LogP contribution < -0.4 is 9.04 Å². The van der Waals surface area contributed by atoms with Crippen LogP contribution in [0.1, 0.15) is 11.4 Å². The van der Waals surface area contributed by atoms with Crippen LogP contribution >= 0.6 is 0 Å². The molecule has 0 amide bonds. The van der Waals surface area contributed by atoms with Crippen molar-refractivity contribution in [3.8, 4) is 5.75 Å². The fourth-order valence-electron chi connectivity index (χ4n) is 2.82. The third-order valence-corrected chi connectivity index (χ3v) is 6.02. The average molecular weight is 337 g/mol. The molecule has 2 heterocycles. The monoisotopic (exact) mass is 337 g/mol. The summed E-state index contributed by atoms with van der Waals surface area (Å²) in [5.74, 6) is 0.445. The second-order valence-corrected chi connectivity index (χ2v) is 7.35. The molecule has 0 saturated heterocycles. The number of fused-ring (bicyclic) bond motifs is 1. The molecule has 3 rings (SSSR count). The van der Waals surface area contributed by atoms with E-state index in [1.165, 1.54) is 4.31 Å². The van der Waals surface area contributed by atoms with Gasteiger partial charge in [0, 0.05) is 7.05 Å². The minimum atomic E-state index is -3.80. The first kappa shape index (κ1) is 15.8. The van der Waals surface area contributed by atoms with Gasteiger partial charge in [-0.05, 0) is 26.0 Å². The van der Waals surface area contributed by atoms with Gasteiger partial charge in [0.2, 0.25) is 0 Å². The molecule has 0 radical (unpaired) electrons. The van der Waals surface area contributed by atoms with E-state index < -0.39 is 16.1 Å². The largest absolute Gasteiger partial charge is 0.484 e. The van der Waals surface area contributed by atoms with Crippen molar-refractivity contribution in [2.75, 3.05) is 17.5 Å². The Hall–Kier alpha value is -2.06. The summed E-state index contributed by atoms with van der Waals surface area (Å²) < 4.78 is 34.9. The molecular weight excluding hydrogens is 318 g/mol. The predicted molar refractivity (Wildman–Crippen MR) is 85.2 cm³/mol.